The van der Waals surface area contributed by atoms with Crippen LogP contribution in [0.25, 0.3) is 0 Å². The molecular formula is C10H18FNO. The summed E-state index contributed by atoms with van der Waals surface area (Å²) in [7, 11) is 2.01. The summed E-state index contributed by atoms with van der Waals surface area (Å²) in [5.41, 5.74) is 0.442. The zero-order chi connectivity index (χ0) is 9.90. The lowest BCUT2D eigenvalue weighted by Gasteiger charge is -2.41. The predicted octanol–water partition coefficient (Wildman–Crippen LogP) is 1.56. The molecule has 1 saturated heterocycles. The fourth-order valence-electron chi connectivity index (χ4n) is 2.05. The number of halogens is 1. The first kappa shape index (κ1) is 10.7. The summed E-state index contributed by atoms with van der Waals surface area (Å²) in [5, 5.41) is 9.33. The maximum absolute atomic E-state index is 12.6. The van der Waals surface area contributed by atoms with Crippen LogP contribution in [0.3, 0.4) is 0 Å². The Morgan fingerprint density at radius 1 is 1.69 bits per heavy atom. The van der Waals surface area contributed by atoms with Gasteiger partial charge in [-0.15, -0.1) is 0 Å². The molecule has 1 aliphatic rings. The molecule has 0 amide bonds. The average molecular weight is 187 g/mol. The molecule has 1 aliphatic heterocycles. The Balaban J connectivity index is 2.86. The summed E-state index contributed by atoms with van der Waals surface area (Å²) < 4.78 is 12.6. The molecule has 0 aliphatic carbocycles. The quantitative estimate of drug-likeness (QED) is 0.709. The van der Waals surface area contributed by atoms with Gasteiger partial charge in [-0.25, -0.2) is 4.39 Å². The monoisotopic (exact) mass is 187 g/mol. The fraction of sp³-hybridized carbons (Fsp3) is 0.800. The van der Waals surface area contributed by atoms with Crippen molar-refractivity contribution in [2.45, 2.75) is 19.8 Å². The molecule has 0 aromatic rings. The summed E-state index contributed by atoms with van der Waals surface area (Å²) in [5.74, 6) is 0. The van der Waals surface area contributed by atoms with Gasteiger partial charge < -0.3 is 10.0 Å². The highest BCUT2D eigenvalue weighted by Crippen LogP contribution is 2.37. The number of rotatable bonds is 2. The van der Waals surface area contributed by atoms with E-state index < -0.39 is 0 Å². The second kappa shape index (κ2) is 4.20. The Hall–Kier alpha value is -0.410. The van der Waals surface area contributed by atoms with Crippen molar-refractivity contribution in [2.75, 3.05) is 26.7 Å². The van der Waals surface area contributed by atoms with E-state index in [-0.39, 0.29) is 12.0 Å². The Morgan fingerprint density at radius 3 is 2.85 bits per heavy atom. The van der Waals surface area contributed by atoms with E-state index in [0.717, 1.165) is 31.5 Å². The van der Waals surface area contributed by atoms with Gasteiger partial charge in [0.05, 0.1) is 12.9 Å². The van der Waals surface area contributed by atoms with Gasteiger partial charge in [0.15, 0.2) is 0 Å². The third kappa shape index (κ3) is 1.92. The Kier molecular flexibility index (Phi) is 3.45. The third-order valence-electron chi connectivity index (χ3n) is 3.13. The molecule has 0 saturated carbocycles. The van der Waals surface area contributed by atoms with Crippen LogP contribution in [0, 0.1) is 5.41 Å². The fourth-order valence-corrected chi connectivity index (χ4v) is 2.05. The van der Waals surface area contributed by atoms with Crippen molar-refractivity contribution in [3.63, 3.8) is 0 Å². The summed E-state index contributed by atoms with van der Waals surface area (Å²) in [6.45, 7) is 3.69. The van der Waals surface area contributed by atoms with E-state index in [0.29, 0.717) is 6.33 Å². The molecule has 2 nitrogen and oxygen atoms in total. The molecule has 0 aromatic heterocycles. The van der Waals surface area contributed by atoms with Crippen molar-refractivity contribution >= 4 is 0 Å². The van der Waals surface area contributed by atoms with E-state index >= 15 is 0 Å². The summed E-state index contributed by atoms with van der Waals surface area (Å²) in [4.78, 5) is 2.15. The van der Waals surface area contributed by atoms with Crippen molar-refractivity contribution in [2.24, 2.45) is 5.41 Å². The standard InChI is InChI=1S/C10H18FNO/c1-3-10(8-13)7-12(2)5-4-9(10)6-11/h6,13H,3-5,7-8H2,1-2H3. The van der Waals surface area contributed by atoms with E-state index in [1.165, 1.54) is 0 Å². The molecule has 1 heterocycles. The third-order valence-corrected chi connectivity index (χ3v) is 3.13. The first-order valence-electron chi connectivity index (χ1n) is 4.77. The van der Waals surface area contributed by atoms with Gasteiger partial charge in [-0.2, -0.15) is 0 Å². The second-order valence-corrected chi connectivity index (χ2v) is 3.91. The zero-order valence-corrected chi connectivity index (χ0v) is 8.39. The highest BCUT2D eigenvalue weighted by Gasteiger charge is 2.36. The van der Waals surface area contributed by atoms with Crippen molar-refractivity contribution in [1.29, 1.82) is 0 Å². The Bertz CT molecular complexity index is 199. The molecule has 1 unspecified atom stereocenters. The van der Waals surface area contributed by atoms with E-state index in [1.54, 1.807) is 0 Å². The molecule has 3 heteroatoms. The number of aliphatic hydroxyl groups is 1. The lowest BCUT2D eigenvalue weighted by molar-refractivity contribution is 0.0843. The molecule has 1 N–H and O–H groups in total. The smallest absolute Gasteiger partial charge is 0.0866 e. The lowest BCUT2D eigenvalue weighted by atomic mass is 9.75. The molecular weight excluding hydrogens is 169 g/mol. The number of nitrogens with zero attached hydrogens (tertiary/aromatic N) is 1. The van der Waals surface area contributed by atoms with E-state index in [4.69, 9.17) is 0 Å². The minimum Gasteiger partial charge on any atom is -0.395 e. The van der Waals surface area contributed by atoms with E-state index in [9.17, 15) is 9.50 Å². The topological polar surface area (TPSA) is 23.5 Å². The van der Waals surface area contributed by atoms with Crippen LogP contribution in [-0.2, 0) is 0 Å². The van der Waals surface area contributed by atoms with Crippen LogP contribution >= 0.6 is 0 Å². The molecule has 0 aromatic carbocycles. The van der Waals surface area contributed by atoms with Gasteiger partial charge in [0, 0.05) is 18.5 Å². The van der Waals surface area contributed by atoms with Crippen LogP contribution in [0.15, 0.2) is 11.9 Å². The summed E-state index contributed by atoms with van der Waals surface area (Å²) >= 11 is 0. The van der Waals surface area contributed by atoms with E-state index in [2.05, 4.69) is 4.90 Å². The van der Waals surface area contributed by atoms with Crippen LogP contribution in [0.5, 0.6) is 0 Å². The highest BCUT2D eigenvalue weighted by molar-refractivity contribution is 5.16. The minimum absolute atomic E-state index is 0.0452. The van der Waals surface area contributed by atoms with Gasteiger partial charge in [0.25, 0.3) is 0 Å². The average Bonchev–Trinajstić information content (AvgIpc) is 2.17. The first-order valence-corrected chi connectivity index (χ1v) is 4.77. The van der Waals surface area contributed by atoms with Crippen LogP contribution < -0.4 is 0 Å². The molecule has 13 heavy (non-hydrogen) atoms. The number of likely N-dealkylation sites (tertiary alicyclic amines) is 1. The Labute approximate surface area is 79.0 Å². The molecule has 0 bridgehead atoms. The van der Waals surface area contributed by atoms with Crippen molar-refractivity contribution in [3.8, 4) is 0 Å². The molecule has 0 radical (unpaired) electrons. The van der Waals surface area contributed by atoms with Gasteiger partial charge in [-0.3, -0.25) is 0 Å². The summed E-state index contributed by atoms with van der Waals surface area (Å²) in [6, 6.07) is 0. The van der Waals surface area contributed by atoms with E-state index in [1.807, 2.05) is 14.0 Å². The molecule has 1 fully saturated rings. The van der Waals surface area contributed by atoms with Crippen LogP contribution in [-0.4, -0.2) is 36.8 Å². The predicted molar refractivity (Wildman–Crippen MR) is 51.1 cm³/mol. The number of hydrogen-bond donors (Lipinski definition) is 1. The minimum atomic E-state index is -0.332. The molecule has 1 rings (SSSR count). The number of aliphatic hydroxyl groups excluding tert-OH is 1. The number of piperidine rings is 1. The normalized spacial score (nSPS) is 34.0. The van der Waals surface area contributed by atoms with Crippen molar-refractivity contribution in [3.05, 3.63) is 11.9 Å². The lowest BCUT2D eigenvalue weighted by Crippen LogP contribution is -2.44. The van der Waals surface area contributed by atoms with Gasteiger partial charge in [0.2, 0.25) is 0 Å². The maximum Gasteiger partial charge on any atom is 0.0866 e. The van der Waals surface area contributed by atoms with Gasteiger partial charge in [0.1, 0.15) is 0 Å². The maximum atomic E-state index is 12.6. The summed E-state index contributed by atoms with van der Waals surface area (Å²) in [6.07, 6.45) is 2.22. The van der Waals surface area contributed by atoms with Crippen LogP contribution in [0.2, 0.25) is 0 Å². The zero-order valence-electron chi connectivity index (χ0n) is 8.39. The Morgan fingerprint density at radius 2 is 2.38 bits per heavy atom. The van der Waals surface area contributed by atoms with Crippen molar-refractivity contribution in [1.82, 2.24) is 4.90 Å². The highest BCUT2D eigenvalue weighted by atomic mass is 19.1. The second-order valence-electron chi connectivity index (χ2n) is 3.91. The first-order chi connectivity index (χ1) is 6.18. The van der Waals surface area contributed by atoms with Crippen molar-refractivity contribution < 1.29 is 9.50 Å². The molecule has 0 spiro atoms. The largest absolute Gasteiger partial charge is 0.395 e. The van der Waals surface area contributed by atoms with Gasteiger partial charge in [-0.05, 0) is 25.5 Å². The SMILES string of the molecule is CCC1(CO)CN(C)CCC1=CF. The van der Waals surface area contributed by atoms with Crippen LogP contribution in [0.1, 0.15) is 19.8 Å². The van der Waals surface area contributed by atoms with Gasteiger partial charge in [-0.1, -0.05) is 6.92 Å². The molecule has 1 atom stereocenters. The van der Waals surface area contributed by atoms with Crippen LogP contribution in [0.4, 0.5) is 4.39 Å². The molecule has 76 valence electrons. The number of hydrogen-bond acceptors (Lipinski definition) is 2. The van der Waals surface area contributed by atoms with Gasteiger partial charge >= 0.3 is 0 Å².